The van der Waals surface area contributed by atoms with Crippen molar-refractivity contribution in [1.29, 1.82) is 5.26 Å². The third-order valence-corrected chi connectivity index (χ3v) is 4.77. The number of likely N-dealkylation sites (tertiary alicyclic amines) is 1. The molecule has 1 heterocycles. The van der Waals surface area contributed by atoms with Gasteiger partial charge in [0.05, 0.1) is 12.7 Å². The molecule has 190 valence electrons. The Labute approximate surface area is 200 Å². The van der Waals surface area contributed by atoms with Crippen LogP contribution >= 0.6 is 0 Å². The number of piperidine rings is 1. The summed E-state index contributed by atoms with van der Waals surface area (Å²) in [5.41, 5.74) is 0.319. The lowest BCUT2D eigenvalue weighted by Crippen LogP contribution is -2.36. The number of halogens is 2. The molecule has 0 bridgehead atoms. The summed E-state index contributed by atoms with van der Waals surface area (Å²) in [6, 6.07) is 5.74. The lowest BCUT2D eigenvalue weighted by atomic mass is 10.1. The lowest BCUT2D eigenvalue weighted by molar-refractivity contribution is -0.132. The number of ether oxygens (including phenoxy) is 1. The van der Waals surface area contributed by atoms with Gasteiger partial charge in [-0.25, -0.2) is 9.18 Å². The van der Waals surface area contributed by atoms with E-state index < -0.39 is 11.7 Å². The molecule has 0 aromatic heterocycles. The molecule has 3 N–H and O–H groups in total. The van der Waals surface area contributed by atoms with Crippen LogP contribution in [-0.2, 0) is 11.3 Å². The van der Waals surface area contributed by atoms with E-state index in [1.54, 1.807) is 6.07 Å². The third-order valence-electron chi connectivity index (χ3n) is 4.77. The van der Waals surface area contributed by atoms with Gasteiger partial charge < -0.3 is 25.4 Å². The Bertz CT molecular complexity index is 814. The van der Waals surface area contributed by atoms with E-state index in [1.807, 2.05) is 4.90 Å². The van der Waals surface area contributed by atoms with E-state index in [0.29, 0.717) is 12.0 Å². The van der Waals surface area contributed by atoms with Crippen molar-refractivity contribution in [1.82, 2.24) is 15.5 Å². The van der Waals surface area contributed by atoms with Crippen molar-refractivity contribution in [3.63, 3.8) is 0 Å². The molecule has 3 rings (SSSR count). The summed E-state index contributed by atoms with van der Waals surface area (Å²) < 4.78 is 32.0. The number of hydrogen-bond acceptors (Lipinski definition) is 5. The Hall–Kier alpha value is -2.93. The van der Waals surface area contributed by atoms with Gasteiger partial charge in [-0.2, -0.15) is 9.65 Å². The Morgan fingerprint density at radius 3 is 2.38 bits per heavy atom. The number of aliphatic hydroxyl groups is 1. The molecule has 34 heavy (non-hydrogen) atoms. The molecule has 8 nitrogen and oxygen atoms in total. The Morgan fingerprint density at radius 1 is 1.26 bits per heavy atom. The zero-order valence-electron chi connectivity index (χ0n) is 20.2. The van der Waals surface area contributed by atoms with Crippen LogP contribution in [0.5, 0.6) is 5.75 Å². The molecule has 1 aromatic carbocycles. The summed E-state index contributed by atoms with van der Waals surface area (Å²) in [6.45, 7) is 5.74. The van der Waals surface area contributed by atoms with E-state index in [9.17, 15) is 18.4 Å². The van der Waals surface area contributed by atoms with Gasteiger partial charge in [-0.3, -0.25) is 4.79 Å². The lowest BCUT2D eigenvalue weighted by Gasteiger charge is -2.26. The molecule has 10 heteroatoms. The van der Waals surface area contributed by atoms with Crippen molar-refractivity contribution in [2.45, 2.75) is 77.7 Å². The number of nitrogens with zero attached hydrogens (tertiary/aromatic N) is 2. The quantitative estimate of drug-likeness (QED) is 0.547. The van der Waals surface area contributed by atoms with E-state index in [2.05, 4.69) is 10.6 Å². The molecule has 3 amide bonds. The molecule has 0 unspecified atom stereocenters. The maximum absolute atomic E-state index is 13.8. The van der Waals surface area contributed by atoms with E-state index >= 15 is 0 Å². The number of amides is 3. The number of hydrogen-bond donors (Lipinski definition) is 3. The van der Waals surface area contributed by atoms with E-state index in [-0.39, 0.29) is 36.9 Å². The predicted molar refractivity (Wildman–Crippen MR) is 124 cm³/mol. The van der Waals surface area contributed by atoms with E-state index in [1.165, 1.54) is 39.3 Å². The van der Waals surface area contributed by atoms with Crippen LogP contribution < -0.4 is 15.4 Å². The van der Waals surface area contributed by atoms with Crippen LogP contribution in [0.2, 0.25) is 0 Å². The Kier molecular flexibility index (Phi) is 12.9. The number of benzene rings is 1. The highest BCUT2D eigenvalue weighted by Gasteiger charge is 2.23. The second kappa shape index (κ2) is 15.1. The molecule has 2 aliphatic rings. The van der Waals surface area contributed by atoms with Gasteiger partial charge in [-0.05, 0) is 38.2 Å². The van der Waals surface area contributed by atoms with Gasteiger partial charge >= 0.3 is 6.03 Å². The van der Waals surface area contributed by atoms with Crippen LogP contribution in [0.3, 0.4) is 0 Å². The molecule has 1 saturated heterocycles. The highest BCUT2D eigenvalue weighted by Crippen LogP contribution is 2.22. The highest BCUT2D eigenvalue weighted by molar-refractivity contribution is 5.76. The second-order valence-corrected chi connectivity index (χ2v) is 8.46. The number of aliphatic hydroxyl groups excluding tert-OH is 1. The molecule has 1 aromatic rings. The summed E-state index contributed by atoms with van der Waals surface area (Å²) in [7, 11) is 0. The second-order valence-electron chi connectivity index (χ2n) is 8.46. The molecule has 0 atom stereocenters. The molecular formula is C24H36F2N4O4. The van der Waals surface area contributed by atoms with Crippen LogP contribution in [0.4, 0.5) is 13.6 Å². The fourth-order valence-corrected chi connectivity index (χ4v) is 3.05. The predicted octanol–water partition coefficient (Wildman–Crippen LogP) is 3.78. The zero-order chi connectivity index (χ0) is 25.6. The van der Waals surface area contributed by atoms with Gasteiger partial charge in [0.15, 0.2) is 0 Å². The van der Waals surface area contributed by atoms with Gasteiger partial charge in [0, 0.05) is 64.5 Å². The standard InChI is InChI=1S/C14H18F2N2O2.C8H15NO2.C2H3N/c1-14(2,16)20-11-6-3-9(12(15)7-11)8-17-13(19)18-10-4-5-10;10-7-4-8(11)9-5-2-1-3-6-9;1-2-3/h3,6-7,10H,4-5,8H2,1-2H3,(H2,17,18,19);10H,1-7H2;1H3. The van der Waals surface area contributed by atoms with E-state index in [0.717, 1.165) is 44.8 Å². The largest absolute Gasteiger partial charge is 0.458 e. The van der Waals surface area contributed by atoms with Crippen molar-refractivity contribution in [3.8, 4) is 11.8 Å². The molecule has 0 spiro atoms. The first-order valence-corrected chi connectivity index (χ1v) is 11.5. The molecule has 0 radical (unpaired) electrons. The van der Waals surface area contributed by atoms with Crippen LogP contribution in [-0.4, -0.2) is 53.5 Å². The molecular weight excluding hydrogens is 446 g/mol. The monoisotopic (exact) mass is 482 g/mol. The van der Waals surface area contributed by atoms with Crippen LogP contribution in [0.15, 0.2) is 18.2 Å². The van der Waals surface area contributed by atoms with Gasteiger partial charge in [0.2, 0.25) is 11.8 Å². The fraction of sp³-hybridized carbons (Fsp3) is 0.625. The first kappa shape index (κ1) is 29.1. The number of nitrogens with one attached hydrogen (secondary N) is 2. The van der Waals surface area contributed by atoms with Crippen LogP contribution in [0, 0.1) is 17.1 Å². The number of carbonyl (C=O) groups is 2. The van der Waals surface area contributed by atoms with E-state index in [4.69, 9.17) is 15.1 Å². The zero-order valence-corrected chi connectivity index (χ0v) is 20.2. The molecule has 1 aliphatic carbocycles. The van der Waals surface area contributed by atoms with Crippen molar-refractivity contribution in [3.05, 3.63) is 29.6 Å². The van der Waals surface area contributed by atoms with Crippen LogP contribution in [0.25, 0.3) is 0 Å². The fourth-order valence-electron chi connectivity index (χ4n) is 3.05. The first-order chi connectivity index (χ1) is 16.1. The SMILES string of the molecule is CC#N.CC(C)(F)Oc1ccc(CNC(=O)NC2CC2)c(F)c1.O=C(CCO)N1CCCCC1. The number of nitriles is 1. The average Bonchev–Trinajstić information content (AvgIpc) is 3.58. The van der Waals surface area contributed by atoms with Gasteiger partial charge in [-0.1, -0.05) is 6.07 Å². The number of alkyl halides is 1. The van der Waals surface area contributed by atoms with Crippen LogP contribution in [0.1, 0.15) is 64.9 Å². The minimum absolute atomic E-state index is 0.0185. The third kappa shape index (κ3) is 12.9. The molecule has 1 saturated carbocycles. The van der Waals surface area contributed by atoms with Gasteiger partial charge in [-0.15, -0.1) is 0 Å². The van der Waals surface area contributed by atoms with Crippen molar-refractivity contribution in [2.75, 3.05) is 19.7 Å². The maximum atomic E-state index is 13.8. The van der Waals surface area contributed by atoms with Crippen molar-refractivity contribution < 1.29 is 28.2 Å². The Balaban J connectivity index is 0.000000347. The Morgan fingerprint density at radius 2 is 1.88 bits per heavy atom. The molecule has 2 fully saturated rings. The maximum Gasteiger partial charge on any atom is 0.315 e. The first-order valence-electron chi connectivity index (χ1n) is 11.5. The van der Waals surface area contributed by atoms with Crippen molar-refractivity contribution >= 4 is 11.9 Å². The van der Waals surface area contributed by atoms with Crippen molar-refractivity contribution in [2.24, 2.45) is 0 Å². The smallest absolute Gasteiger partial charge is 0.315 e. The normalized spacial score (nSPS) is 14.9. The van der Waals surface area contributed by atoms with Gasteiger partial charge in [0.25, 0.3) is 0 Å². The topological polar surface area (TPSA) is 115 Å². The number of urea groups is 1. The summed E-state index contributed by atoms with van der Waals surface area (Å²) >= 11 is 0. The summed E-state index contributed by atoms with van der Waals surface area (Å²) in [6.07, 6.45) is 5.76. The average molecular weight is 483 g/mol. The summed E-state index contributed by atoms with van der Waals surface area (Å²) in [5.74, 6) is -2.19. The minimum Gasteiger partial charge on any atom is -0.458 e. The number of rotatable bonds is 7. The summed E-state index contributed by atoms with van der Waals surface area (Å²) in [4.78, 5) is 24.4. The minimum atomic E-state index is -1.86. The highest BCUT2D eigenvalue weighted by atomic mass is 19.2. The molecule has 1 aliphatic heterocycles. The number of carbonyl (C=O) groups excluding carboxylic acids is 2. The summed E-state index contributed by atoms with van der Waals surface area (Å²) in [5, 5.41) is 21.2. The van der Waals surface area contributed by atoms with Gasteiger partial charge in [0.1, 0.15) is 11.6 Å².